The highest BCUT2D eigenvalue weighted by atomic mass is 32.8. The number of nitrogens with one attached hydrogen (secondary N) is 1. The first kappa shape index (κ1) is 5.78. The minimum absolute atomic E-state index is 0.308. The maximum atomic E-state index is 10.1. The van der Waals surface area contributed by atoms with E-state index in [1.54, 1.807) is 6.20 Å². The maximum absolute atomic E-state index is 10.1. The highest BCUT2D eigenvalue weighted by Gasteiger charge is 1.85. The highest BCUT2D eigenvalue weighted by molar-refractivity contribution is 8.31. The van der Waals surface area contributed by atoms with Gasteiger partial charge in [-0.2, -0.15) is 0 Å². The molecule has 0 aromatic rings. The fourth-order valence-electron chi connectivity index (χ4n) is 0.360. The van der Waals surface area contributed by atoms with Gasteiger partial charge in [-0.15, -0.1) is 0 Å². The Morgan fingerprint density at radius 3 is 2.75 bits per heavy atom. The second-order valence-electron chi connectivity index (χ2n) is 1.17. The van der Waals surface area contributed by atoms with Crippen molar-refractivity contribution in [2.45, 2.75) is 0 Å². The molecule has 1 aliphatic rings. The lowest BCUT2D eigenvalue weighted by molar-refractivity contribution is 0.701. The molecule has 1 rings (SSSR count). The molecule has 1 heterocycles. The molecular formula is C4H5NOS2. The third kappa shape index (κ3) is 1.31. The van der Waals surface area contributed by atoms with Gasteiger partial charge in [0.25, 0.3) is 0 Å². The van der Waals surface area contributed by atoms with Crippen LogP contribution in [0.3, 0.4) is 0 Å². The van der Waals surface area contributed by atoms with Crippen LogP contribution in [-0.4, -0.2) is 4.21 Å². The fraction of sp³-hybridized carbons (Fsp3) is 0. The Bertz CT molecular complexity index is 190. The topological polar surface area (TPSA) is 29.1 Å². The molecule has 0 radical (unpaired) electrons. The van der Waals surface area contributed by atoms with E-state index in [9.17, 15) is 4.21 Å². The molecule has 1 aliphatic heterocycles. The first-order chi connectivity index (χ1) is 3.93. The van der Waals surface area contributed by atoms with Crippen LogP contribution >= 0.6 is 0 Å². The van der Waals surface area contributed by atoms with Crippen molar-refractivity contribution in [3.63, 3.8) is 0 Å². The molecule has 44 valence electrons. The monoisotopic (exact) mass is 147 g/mol. The molecule has 0 bridgehead atoms. The normalized spacial score (nSPS) is 24.8. The standard InChI is InChI=1S/C4H5NOS2/c6-7-8-4-2-1-3-5-8/h1-5H. The van der Waals surface area contributed by atoms with Gasteiger partial charge in [-0.05, 0) is 11.5 Å². The summed E-state index contributed by atoms with van der Waals surface area (Å²) in [6.07, 6.45) is 5.50. The Kier molecular flexibility index (Phi) is 2.05. The lowest BCUT2D eigenvalue weighted by atomic mass is 10.6. The van der Waals surface area contributed by atoms with Crippen LogP contribution in [0.4, 0.5) is 0 Å². The zero-order valence-electron chi connectivity index (χ0n) is 4.03. The summed E-state index contributed by atoms with van der Waals surface area (Å²) in [5, 5.41) is 1.84. The van der Waals surface area contributed by atoms with Crippen molar-refractivity contribution in [1.29, 1.82) is 0 Å². The SMILES string of the molecule is O=S=S1C=CC=CN1. The molecule has 4 heteroatoms. The zero-order chi connectivity index (χ0) is 5.82. The van der Waals surface area contributed by atoms with Gasteiger partial charge in [0, 0.05) is 15.8 Å². The van der Waals surface area contributed by atoms with E-state index in [-0.39, 0.29) is 9.64 Å². The van der Waals surface area contributed by atoms with Gasteiger partial charge in [0.2, 0.25) is 0 Å². The summed E-state index contributed by atoms with van der Waals surface area (Å²) in [6.45, 7) is 0. The number of hydrogen-bond acceptors (Lipinski definition) is 1. The quantitative estimate of drug-likeness (QED) is 0.533. The first-order valence-corrected chi connectivity index (χ1v) is 4.61. The van der Waals surface area contributed by atoms with Gasteiger partial charge in [0.1, 0.15) is 10.2 Å². The Balaban J connectivity index is 2.80. The van der Waals surface area contributed by atoms with Crippen LogP contribution in [0.15, 0.2) is 23.8 Å². The molecule has 2 nitrogen and oxygen atoms in total. The van der Waals surface area contributed by atoms with Crippen LogP contribution in [0.25, 0.3) is 0 Å². The molecule has 1 unspecified atom stereocenters. The molecule has 0 aromatic carbocycles. The van der Waals surface area contributed by atoms with Crippen molar-refractivity contribution >= 4 is 19.9 Å². The third-order valence-corrected chi connectivity index (χ3v) is 2.65. The van der Waals surface area contributed by atoms with Crippen LogP contribution in [0.5, 0.6) is 0 Å². The molecule has 0 amide bonds. The lowest BCUT2D eigenvalue weighted by Crippen LogP contribution is -2.07. The van der Waals surface area contributed by atoms with Crippen LogP contribution in [0.2, 0.25) is 0 Å². The zero-order valence-corrected chi connectivity index (χ0v) is 5.67. The summed E-state index contributed by atoms with van der Waals surface area (Å²) >= 11 is 0. The molecule has 8 heavy (non-hydrogen) atoms. The molecule has 0 spiro atoms. The van der Waals surface area contributed by atoms with Crippen LogP contribution in [0.1, 0.15) is 0 Å². The van der Waals surface area contributed by atoms with E-state index < -0.39 is 0 Å². The smallest absolute Gasteiger partial charge is 0.145 e. The second kappa shape index (κ2) is 2.84. The van der Waals surface area contributed by atoms with Gasteiger partial charge in [0.05, 0.1) is 0 Å². The lowest BCUT2D eigenvalue weighted by Gasteiger charge is -1.98. The van der Waals surface area contributed by atoms with E-state index in [2.05, 4.69) is 4.72 Å². The summed E-state index contributed by atoms with van der Waals surface area (Å²) in [6, 6.07) is 0. The van der Waals surface area contributed by atoms with Gasteiger partial charge in [0.15, 0.2) is 0 Å². The van der Waals surface area contributed by atoms with Crippen molar-refractivity contribution in [3.8, 4) is 0 Å². The highest BCUT2D eigenvalue weighted by Crippen LogP contribution is 1.88. The molecule has 0 aliphatic carbocycles. The minimum Gasteiger partial charge on any atom is -0.329 e. The van der Waals surface area contributed by atoms with Crippen molar-refractivity contribution < 1.29 is 4.21 Å². The van der Waals surface area contributed by atoms with Crippen LogP contribution in [-0.2, 0) is 19.9 Å². The van der Waals surface area contributed by atoms with E-state index in [1.165, 1.54) is 0 Å². The van der Waals surface area contributed by atoms with E-state index in [1.807, 2.05) is 17.6 Å². The molecule has 0 fully saturated rings. The Labute approximate surface area is 53.1 Å². The minimum atomic E-state index is -0.308. The number of rotatable bonds is 0. The van der Waals surface area contributed by atoms with Crippen LogP contribution in [0, 0.1) is 0 Å². The summed E-state index contributed by atoms with van der Waals surface area (Å²) in [5.74, 6) is 0. The van der Waals surface area contributed by atoms with E-state index >= 15 is 0 Å². The average molecular weight is 147 g/mol. The summed E-state index contributed by atoms with van der Waals surface area (Å²) in [7, 11) is 0.266. The Hall–Kier alpha value is -0.350. The Morgan fingerprint density at radius 1 is 1.50 bits per heavy atom. The predicted octanol–water partition coefficient (Wildman–Crippen LogP) is 0.278. The summed E-state index contributed by atoms with van der Waals surface area (Å²) in [5.41, 5.74) is 0. The van der Waals surface area contributed by atoms with E-state index in [0.717, 1.165) is 0 Å². The van der Waals surface area contributed by atoms with Gasteiger partial charge in [-0.25, -0.2) is 4.21 Å². The van der Waals surface area contributed by atoms with Crippen molar-refractivity contribution in [2.24, 2.45) is 0 Å². The van der Waals surface area contributed by atoms with Gasteiger partial charge >= 0.3 is 0 Å². The van der Waals surface area contributed by atoms with Gasteiger partial charge < -0.3 is 4.72 Å². The maximum Gasteiger partial charge on any atom is 0.145 e. The molecule has 1 atom stereocenters. The van der Waals surface area contributed by atoms with Gasteiger partial charge in [-0.3, -0.25) is 0 Å². The molecule has 1 N–H and O–H groups in total. The van der Waals surface area contributed by atoms with E-state index in [4.69, 9.17) is 0 Å². The summed E-state index contributed by atoms with van der Waals surface area (Å²) in [4.78, 5) is 0. The van der Waals surface area contributed by atoms with Crippen molar-refractivity contribution in [3.05, 3.63) is 23.8 Å². The second-order valence-corrected chi connectivity index (χ2v) is 3.90. The summed E-state index contributed by atoms with van der Waals surface area (Å²) < 4.78 is 12.9. The predicted molar refractivity (Wildman–Crippen MR) is 36.9 cm³/mol. The van der Waals surface area contributed by atoms with E-state index in [0.29, 0.717) is 10.2 Å². The average Bonchev–Trinajstić information content (AvgIpc) is 1.90. The molecule has 0 saturated carbocycles. The third-order valence-electron chi connectivity index (χ3n) is 0.667. The molecule has 0 aromatic heterocycles. The fourth-order valence-corrected chi connectivity index (χ4v) is 1.58. The first-order valence-electron chi connectivity index (χ1n) is 2.06. The largest absolute Gasteiger partial charge is 0.329 e. The molecular weight excluding hydrogens is 142 g/mol. The van der Waals surface area contributed by atoms with Crippen molar-refractivity contribution in [1.82, 2.24) is 4.72 Å². The van der Waals surface area contributed by atoms with Crippen molar-refractivity contribution in [2.75, 3.05) is 0 Å². The number of hydrogen-bond donors (Lipinski definition) is 1. The van der Waals surface area contributed by atoms with Gasteiger partial charge in [-0.1, -0.05) is 6.08 Å². The Morgan fingerprint density at radius 2 is 2.38 bits per heavy atom. The van der Waals surface area contributed by atoms with Crippen LogP contribution < -0.4 is 4.72 Å². The molecule has 0 saturated heterocycles. The number of allylic oxidation sites excluding steroid dienone is 2.